The van der Waals surface area contributed by atoms with Crippen LogP contribution in [-0.2, 0) is 19.1 Å². The molecule has 0 aliphatic rings. The van der Waals surface area contributed by atoms with E-state index in [0.29, 0.717) is 5.70 Å². The van der Waals surface area contributed by atoms with Crippen molar-refractivity contribution in [1.82, 2.24) is 10.6 Å². The Hall–Kier alpha value is -2.42. The number of nitrogens with one attached hydrogen (secondary N) is 2. The SMILES string of the molecule is C=N/C(=C\NC)CC(NC(=O)CCC(N)C(=O)O)C(=O)OC. The standard InChI is InChI=1S/C13H22N4O5/c1-15-7-8(16-2)6-10(13(21)22-3)17-11(18)5-4-9(14)12(19)20/h7,9-10,15H,2,4-6,14H2,1,3H3,(H,17,18)(H,19,20)/b8-7-. The van der Waals surface area contributed by atoms with Gasteiger partial charge in [-0.25, -0.2) is 4.79 Å². The van der Waals surface area contributed by atoms with Gasteiger partial charge in [-0.05, 0) is 13.1 Å². The molecule has 2 unspecified atom stereocenters. The van der Waals surface area contributed by atoms with E-state index >= 15 is 0 Å². The number of aliphatic imine (C=N–C) groups is 1. The number of aliphatic carboxylic acids is 1. The average molecular weight is 314 g/mol. The molecular formula is C13H22N4O5. The van der Waals surface area contributed by atoms with Crippen molar-refractivity contribution < 1.29 is 24.2 Å². The van der Waals surface area contributed by atoms with Gasteiger partial charge < -0.3 is 26.2 Å². The van der Waals surface area contributed by atoms with E-state index in [2.05, 4.69) is 27.1 Å². The third kappa shape index (κ3) is 7.39. The van der Waals surface area contributed by atoms with E-state index in [-0.39, 0.29) is 19.3 Å². The van der Waals surface area contributed by atoms with E-state index in [1.807, 2.05) is 0 Å². The summed E-state index contributed by atoms with van der Waals surface area (Å²) in [5, 5.41) is 13.9. The number of methoxy groups -OCH3 is 1. The lowest BCUT2D eigenvalue weighted by atomic mass is 10.1. The van der Waals surface area contributed by atoms with Crippen LogP contribution in [0.2, 0.25) is 0 Å². The molecule has 0 radical (unpaired) electrons. The zero-order chi connectivity index (χ0) is 17.1. The molecule has 1 amide bonds. The highest BCUT2D eigenvalue weighted by Gasteiger charge is 2.23. The number of rotatable bonds is 10. The molecule has 0 aliphatic carbocycles. The van der Waals surface area contributed by atoms with Gasteiger partial charge in [-0.2, -0.15) is 0 Å². The molecule has 2 atom stereocenters. The third-order valence-electron chi connectivity index (χ3n) is 2.75. The van der Waals surface area contributed by atoms with Gasteiger partial charge in [-0.3, -0.25) is 14.6 Å². The predicted molar refractivity (Wildman–Crippen MR) is 80.1 cm³/mol. The molecule has 22 heavy (non-hydrogen) atoms. The first kappa shape index (κ1) is 19.6. The van der Waals surface area contributed by atoms with Gasteiger partial charge in [0.2, 0.25) is 5.91 Å². The Labute approximate surface area is 128 Å². The Morgan fingerprint density at radius 3 is 2.55 bits per heavy atom. The van der Waals surface area contributed by atoms with Gasteiger partial charge in [0.15, 0.2) is 0 Å². The first-order valence-corrected chi connectivity index (χ1v) is 6.54. The maximum Gasteiger partial charge on any atom is 0.328 e. The number of esters is 1. The van der Waals surface area contributed by atoms with Crippen LogP contribution in [0.3, 0.4) is 0 Å². The van der Waals surface area contributed by atoms with Gasteiger partial charge >= 0.3 is 11.9 Å². The maximum absolute atomic E-state index is 11.8. The second-order valence-electron chi connectivity index (χ2n) is 4.41. The molecule has 0 rings (SSSR count). The zero-order valence-corrected chi connectivity index (χ0v) is 12.7. The number of carboxylic acid groups (broad SMARTS) is 1. The summed E-state index contributed by atoms with van der Waals surface area (Å²) >= 11 is 0. The van der Waals surface area contributed by atoms with Crippen LogP contribution < -0.4 is 16.4 Å². The minimum Gasteiger partial charge on any atom is -0.480 e. The van der Waals surface area contributed by atoms with Gasteiger partial charge in [0, 0.05) is 26.1 Å². The number of amides is 1. The van der Waals surface area contributed by atoms with Crippen LogP contribution in [0.4, 0.5) is 0 Å². The number of nitrogens with two attached hydrogens (primary N) is 1. The molecule has 0 spiro atoms. The highest BCUT2D eigenvalue weighted by atomic mass is 16.5. The number of nitrogens with zero attached hydrogens (tertiary/aromatic N) is 1. The highest BCUT2D eigenvalue weighted by molar-refractivity contribution is 5.85. The minimum atomic E-state index is -1.19. The van der Waals surface area contributed by atoms with Crippen LogP contribution >= 0.6 is 0 Å². The van der Waals surface area contributed by atoms with Crippen LogP contribution in [-0.4, -0.2) is 55.9 Å². The first-order valence-electron chi connectivity index (χ1n) is 6.54. The normalized spacial score (nSPS) is 13.7. The van der Waals surface area contributed by atoms with E-state index in [9.17, 15) is 14.4 Å². The summed E-state index contributed by atoms with van der Waals surface area (Å²) < 4.78 is 4.62. The van der Waals surface area contributed by atoms with Crippen molar-refractivity contribution in [3.63, 3.8) is 0 Å². The number of hydrogen-bond acceptors (Lipinski definition) is 7. The molecule has 0 aromatic rings. The second kappa shape index (κ2) is 10.3. The number of carbonyl (C=O) groups is 3. The predicted octanol–water partition coefficient (Wildman–Crippen LogP) is -1.01. The molecule has 0 saturated carbocycles. The smallest absolute Gasteiger partial charge is 0.328 e. The van der Waals surface area contributed by atoms with Crippen LogP contribution in [0, 0.1) is 0 Å². The molecule has 5 N–H and O–H groups in total. The van der Waals surface area contributed by atoms with Crippen molar-refractivity contribution in [2.75, 3.05) is 14.2 Å². The van der Waals surface area contributed by atoms with E-state index in [1.165, 1.54) is 13.3 Å². The summed E-state index contributed by atoms with van der Waals surface area (Å²) in [6, 6.07) is -2.07. The lowest BCUT2D eigenvalue weighted by molar-refractivity contribution is -0.145. The monoisotopic (exact) mass is 314 g/mol. The van der Waals surface area contributed by atoms with Gasteiger partial charge in [0.25, 0.3) is 0 Å². The van der Waals surface area contributed by atoms with Gasteiger partial charge in [0.1, 0.15) is 12.1 Å². The fourth-order valence-corrected chi connectivity index (χ4v) is 1.56. The molecule has 9 nitrogen and oxygen atoms in total. The molecule has 0 aliphatic heterocycles. The van der Waals surface area contributed by atoms with Gasteiger partial charge in [-0.1, -0.05) is 0 Å². The Balaban J connectivity index is 4.68. The van der Waals surface area contributed by atoms with Crippen molar-refractivity contribution in [1.29, 1.82) is 0 Å². The lowest BCUT2D eigenvalue weighted by Crippen LogP contribution is -2.42. The van der Waals surface area contributed by atoms with E-state index in [4.69, 9.17) is 10.8 Å². The zero-order valence-electron chi connectivity index (χ0n) is 12.7. The first-order chi connectivity index (χ1) is 10.3. The fraction of sp³-hybridized carbons (Fsp3) is 0.538. The Bertz CT molecular complexity index is 450. The molecule has 0 heterocycles. The van der Waals surface area contributed by atoms with Crippen LogP contribution in [0.15, 0.2) is 16.9 Å². The molecule has 124 valence electrons. The summed E-state index contributed by atoms with van der Waals surface area (Å²) in [4.78, 5) is 37.8. The van der Waals surface area contributed by atoms with Crippen LogP contribution in [0.25, 0.3) is 0 Å². The fourth-order valence-electron chi connectivity index (χ4n) is 1.56. The molecule has 9 heteroatoms. The summed E-state index contributed by atoms with van der Waals surface area (Å²) in [7, 11) is 2.86. The summed E-state index contributed by atoms with van der Waals surface area (Å²) in [5.41, 5.74) is 5.77. The largest absolute Gasteiger partial charge is 0.480 e. The summed E-state index contributed by atoms with van der Waals surface area (Å²) in [5.74, 6) is -2.33. The van der Waals surface area contributed by atoms with E-state index < -0.39 is 29.9 Å². The number of ether oxygens (including phenoxy) is 1. The van der Waals surface area contributed by atoms with Crippen molar-refractivity contribution in [2.45, 2.75) is 31.3 Å². The highest BCUT2D eigenvalue weighted by Crippen LogP contribution is 2.08. The summed E-state index contributed by atoms with van der Waals surface area (Å²) in [6.07, 6.45) is 1.48. The number of hydrogen-bond donors (Lipinski definition) is 4. The third-order valence-corrected chi connectivity index (χ3v) is 2.75. The van der Waals surface area contributed by atoms with Crippen LogP contribution in [0.5, 0.6) is 0 Å². The molecule has 0 bridgehead atoms. The molecule has 0 fully saturated rings. The lowest BCUT2D eigenvalue weighted by Gasteiger charge is -2.17. The number of carboxylic acids is 1. The van der Waals surface area contributed by atoms with Crippen molar-refractivity contribution in [2.24, 2.45) is 10.7 Å². The molecule has 0 saturated heterocycles. The summed E-state index contributed by atoms with van der Waals surface area (Å²) in [6.45, 7) is 3.37. The Morgan fingerprint density at radius 2 is 2.09 bits per heavy atom. The van der Waals surface area contributed by atoms with Crippen LogP contribution in [0.1, 0.15) is 19.3 Å². The Morgan fingerprint density at radius 1 is 1.45 bits per heavy atom. The average Bonchev–Trinajstić information content (AvgIpc) is 2.50. The maximum atomic E-state index is 11.8. The van der Waals surface area contributed by atoms with Gasteiger partial charge in [0.05, 0.1) is 12.8 Å². The molecule has 0 aromatic heterocycles. The number of carbonyl (C=O) groups excluding carboxylic acids is 2. The van der Waals surface area contributed by atoms with Crippen molar-refractivity contribution in [3.8, 4) is 0 Å². The second-order valence-corrected chi connectivity index (χ2v) is 4.41. The quantitative estimate of drug-likeness (QED) is 0.299. The van der Waals surface area contributed by atoms with Crippen molar-refractivity contribution >= 4 is 24.6 Å². The van der Waals surface area contributed by atoms with Crippen molar-refractivity contribution in [3.05, 3.63) is 11.9 Å². The topological polar surface area (TPSA) is 143 Å². The Kier molecular flexibility index (Phi) is 9.19. The minimum absolute atomic E-state index is 0.0338. The van der Waals surface area contributed by atoms with E-state index in [1.54, 1.807) is 7.05 Å². The molecular weight excluding hydrogens is 292 g/mol. The van der Waals surface area contributed by atoms with Gasteiger partial charge in [-0.15, -0.1) is 0 Å². The molecule has 0 aromatic carbocycles. The van der Waals surface area contributed by atoms with E-state index in [0.717, 1.165) is 0 Å².